The number of carbonyl (C=O) groups excluding carboxylic acids is 1. The molecule has 2 amide bonds. The van der Waals surface area contributed by atoms with Crippen molar-refractivity contribution in [2.45, 2.75) is 38.8 Å². The van der Waals surface area contributed by atoms with Crippen LogP contribution in [0.2, 0.25) is 0 Å². The van der Waals surface area contributed by atoms with E-state index in [0.29, 0.717) is 6.54 Å². The summed E-state index contributed by atoms with van der Waals surface area (Å²) < 4.78 is 0. The third-order valence-corrected chi connectivity index (χ3v) is 2.56. The van der Waals surface area contributed by atoms with Crippen LogP contribution in [0.3, 0.4) is 0 Å². The maximum absolute atomic E-state index is 11.6. The Hall–Kier alpha value is -1.56. The number of aromatic amines is 1. The minimum atomic E-state index is -0.563. The van der Waals surface area contributed by atoms with Crippen LogP contribution >= 0.6 is 0 Å². The molecule has 1 heterocycles. The lowest BCUT2D eigenvalue weighted by Gasteiger charge is -2.28. The lowest BCUT2D eigenvalue weighted by molar-refractivity contribution is 0.163. The minimum Gasteiger partial charge on any atom is -0.394 e. The zero-order valence-electron chi connectivity index (χ0n) is 10.3. The Bertz CT molecular complexity index is 339. The normalized spacial score (nSPS) is 14.1. The van der Waals surface area contributed by atoms with E-state index in [2.05, 4.69) is 20.8 Å². The number of nitrogens with zero attached hydrogens (tertiary/aromatic N) is 1. The number of rotatable bonds is 6. The fraction of sp³-hybridized carbons (Fsp3) is 0.636. The molecular formula is C11H20N4O2. The molecule has 1 unspecified atom stereocenters. The van der Waals surface area contributed by atoms with Crippen molar-refractivity contribution in [1.82, 2.24) is 20.8 Å². The molecule has 4 N–H and O–H groups in total. The average molecular weight is 240 g/mol. The molecule has 0 radical (unpaired) electrons. The molecule has 6 nitrogen and oxygen atoms in total. The molecule has 1 rings (SSSR count). The van der Waals surface area contributed by atoms with Crippen LogP contribution < -0.4 is 10.6 Å². The zero-order chi connectivity index (χ0) is 12.7. The topological polar surface area (TPSA) is 90.0 Å². The monoisotopic (exact) mass is 240 g/mol. The number of hydrogen-bond donors (Lipinski definition) is 4. The molecule has 0 saturated carbocycles. The fourth-order valence-electron chi connectivity index (χ4n) is 1.61. The van der Waals surface area contributed by atoms with Gasteiger partial charge in [-0.25, -0.2) is 4.79 Å². The third-order valence-electron chi connectivity index (χ3n) is 2.56. The van der Waals surface area contributed by atoms with E-state index in [-0.39, 0.29) is 12.6 Å². The molecule has 0 aromatic carbocycles. The summed E-state index contributed by atoms with van der Waals surface area (Å²) in [4.78, 5) is 11.6. The van der Waals surface area contributed by atoms with Gasteiger partial charge in [-0.05, 0) is 19.4 Å². The number of amides is 2. The van der Waals surface area contributed by atoms with Crippen LogP contribution in [0.5, 0.6) is 0 Å². The number of hydrogen-bond acceptors (Lipinski definition) is 3. The van der Waals surface area contributed by atoms with Crippen LogP contribution in [-0.2, 0) is 6.54 Å². The van der Waals surface area contributed by atoms with Gasteiger partial charge in [-0.15, -0.1) is 0 Å². The van der Waals surface area contributed by atoms with Crippen molar-refractivity contribution in [3.63, 3.8) is 0 Å². The highest BCUT2D eigenvalue weighted by molar-refractivity contribution is 5.74. The summed E-state index contributed by atoms with van der Waals surface area (Å²) >= 11 is 0. The summed E-state index contributed by atoms with van der Waals surface area (Å²) in [6.45, 7) is 4.15. The molecule has 0 aliphatic rings. The summed E-state index contributed by atoms with van der Waals surface area (Å²) in [6, 6.07) is 1.50. The first kappa shape index (κ1) is 13.5. The first-order valence-corrected chi connectivity index (χ1v) is 5.75. The number of H-pyrrole nitrogens is 1. The van der Waals surface area contributed by atoms with Crippen molar-refractivity contribution in [2.75, 3.05) is 6.61 Å². The molecule has 1 aromatic heterocycles. The van der Waals surface area contributed by atoms with Gasteiger partial charge in [-0.1, -0.05) is 13.3 Å². The molecule has 0 fully saturated rings. The van der Waals surface area contributed by atoms with Gasteiger partial charge in [0.1, 0.15) is 0 Å². The number of carbonyl (C=O) groups is 1. The Morgan fingerprint density at radius 2 is 2.41 bits per heavy atom. The van der Waals surface area contributed by atoms with E-state index in [4.69, 9.17) is 0 Å². The fourth-order valence-corrected chi connectivity index (χ4v) is 1.61. The predicted molar refractivity (Wildman–Crippen MR) is 64.4 cm³/mol. The third kappa shape index (κ3) is 4.44. The Labute approximate surface area is 101 Å². The molecule has 6 heteroatoms. The number of urea groups is 1. The van der Waals surface area contributed by atoms with Gasteiger partial charge in [-0.2, -0.15) is 5.10 Å². The minimum absolute atomic E-state index is 0.0711. The second kappa shape index (κ2) is 6.24. The van der Waals surface area contributed by atoms with Crippen LogP contribution in [0.4, 0.5) is 4.79 Å². The first-order valence-electron chi connectivity index (χ1n) is 5.75. The van der Waals surface area contributed by atoms with Gasteiger partial charge in [0.25, 0.3) is 0 Å². The van der Waals surface area contributed by atoms with Crippen LogP contribution in [-0.4, -0.2) is 33.5 Å². The van der Waals surface area contributed by atoms with E-state index in [0.717, 1.165) is 18.5 Å². The lowest BCUT2D eigenvalue weighted by atomic mass is 9.98. The molecule has 0 aliphatic carbocycles. The summed E-state index contributed by atoms with van der Waals surface area (Å²) in [5, 5.41) is 21.3. The first-order chi connectivity index (χ1) is 8.09. The van der Waals surface area contributed by atoms with Gasteiger partial charge in [0.15, 0.2) is 0 Å². The van der Waals surface area contributed by atoms with Gasteiger partial charge in [0.2, 0.25) is 0 Å². The molecule has 1 aromatic rings. The van der Waals surface area contributed by atoms with Gasteiger partial charge < -0.3 is 15.7 Å². The largest absolute Gasteiger partial charge is 0.394 e. The smallest absolute Gasteiger partial charge is 0.315 e. The van der Waals surface area contributed by atoms with Gasteiger partial charge in [0, 0.05) is 6.20 Å². The highest BCUT2D eigenvalue weighted by Gasteiger charge is 2.24. The van der Waals surface area contributed by atoms with Crippen molar-refractivity contribution >= 4 is 6.03 Å². The van der Waals surface area contributed by atoms with Crippen LogP contribution in [0.25, 0.3) is 0 Å². The van der Waals surface area contributed by atoms with Gasteiger partial charge >= 0.3 is 6.03 Å². The van der Waals surface area contributed by atoms with Crippen molar-refractivity contribution < 1.29 is 9.90 Å². The highest BCUT2D eigenvalue weighted by Crippen LogP contribution is 2.10. The summed E-state index contributed by atoms with van der Waals surface area (Å²) in [5.74, 6) is 0. The van der Waals surface area contributed by atoms with Gasteiger partial charge in [0.05, 0.1) is 24.4 Å². The SMILES string of the molecule is CCCC(C)(CO)NC(=O)NCc1ccn[nH]1. The molecule has 17 heavy (non-hydrogen) atoms. The van der Waals surface area contributed by atoms with Crippen molar-refractivity contribution in [3.05, 3.63) is 18.0 Å². The Kier molecular flexibility index (Phi) is 4.96. The van der Waals surface area contributed by atoms with Crippen molar-refractivity contribution in [2.24, 2.45) is 0 Å². The van der Waals surface area contributed by atoms with E-state index >= 15 is 0 Å². The second-order valence-corrected chi connectivity index (χ2v) is 4.36. The molecular weight excluding hydrogens is 220 g/mol. The zero-order valence-corrected chi connectivity index (χ0v) is 10.3. The molecule has 0 aliphatic heterocycles. The van der Waals surface area contributed by atoms with Crippen molar-refractivity contribution in [1.29, 1.82) is 0 Å². The van der Waals surface area contributed by atoms with Crippen LogP contribution in [0.15, 0.2) is 12.3 Å². The van der Waals surface area contributed by atoms with E-state index in [1.54, 1.807) is 12.3 Å². The van der Waals surface area contributed by atoms with Crippen LogP contribution in [0.1, 0.15) is 32.4 Å². The molecule has 0 spiro atoms. The van der Waals surface area contributed by atoms with E-state index < -0.39 is 5.54 Å². The molecule has 96 valence electrons. The van der Waals surface area contributed by atoms with Crippen molar-refractivity contribution in [3.8, 4) is 0 Å². The lowest BCUT2D eigenvalue weighted by Crippen LogP contribution is -2.52. The van der Waals surface area contributed by atoms with E-state index in [1.165, 1.54) is 0 Å². The maximum atomic E-state index is 11.6. The van der Waals surface area contributed by atoms with E-state index in [9.17, 15) is 9.90 Å². The van der Waals surface area contributed by atoms with Gasteiger partial charge in [-0.3, -0.25) is 5.10 Å². The number of nitrogens with one attached hydrogen (secondary N) is 3. The van der Waals surface area contributed by atoms with E-state index in [1.807, 2.05) is 13.8 Å². The molecule has 0 bridgehead atoms. The Morgan fingerprint density at radius 1 is 1.65 bits per heavy atom. The quantitative estimate of drug-likeness (QED) is 0.591. The predicted octanol–water partition coefficient (Wildman–Crippen LogP) is 0.760. The summed E-state index contributed by atoms with van der Waals surface area (Å²) in [7, 11) is 0. The number of aliphatic hydroxyl groups excluding tert-OH is 1. The van der Waals surface area contributed by atoms with Crippen LogP contribution in [0, 0.1) is 0 Å². The molecule has 0 saturated heterocycles. The number of aromatic nitrogens is 2. The summed E-state index contributed by atoms with van der Waals surface area (Å²) in [6.07, 6.45) is 3.27. The Morgan fingerprint density at radius 3 is 2.94 bits per heavy atom. The average Bonchev–Trinajstić information content (AvgIpc) is 2.79. The maximum Gasteiger partial charge on any atom is 0.315 e. The summed E-state index contributed by atoms with van der Waals surface area (Å²) in [5.41, 5.74) is 0.272. The number of aliphatic hydroxyl groups is 1. The standard InChI is InChI=1S/C11H20N4O2/c1-3-5-11(2,8-16)14-10(17)12-7-9-4-6-13-15-9/h4,6,16H,3,5,7-8H2,1-2H3,(H,13,15)(H2,12,14,17). The Balaban J connectivity index is 2.37. The molecule has 1 atom stereocenters. The second-order valence-electron chi connectivity index (χ2n) is 4.36. The highest BCUT2D eigenvalue weighted by atomic mass is 16.3.